The van der Waals surface area contributed by atoms with Crippen LogP contribution in [0.5, 0.6) is 5.75 Å². The van der Waals surface area contributed by atoms with Gasteiger partial charge in [0.2, 0.25) is 5.91 Å². The fourth-order valence-corrected chi connectivity index (χ4v) is 2.99. The van der Waals surface area contributed by atoms with E-state index in [0.29, 0.717) is 24.6 Å². The van der Waals surface area contributed by atoms with Gasteiger partial charge >= 0.3 is 0 Å². The third-order valence-electron chi connectivity index (χ3n) is 4.13. The van der Waals surface area contributed by atoms with Gasteiger partial charge < -0.3 is 10.1 Å². The summed E-state index contributed by atoms with van der Waals surface area (Å²) in [4.78, 5) is 22.5. The molecule has 0 saturated carbocycles. The Morgan fingerprint density at radius 1 is 1.26 bits per heavy atom. The van der Waals surface area contributed by atoms with Crippen LogP contribution in [-0.2, 0) is 4.79 Å². The minimum atomic E-state index is -0.481. The Labute approximate surface area is 167 Å². The molecular weight excluding hydrogens is 412 g/mol. The standard InChI is InChI=1S/C20H23BrN2O4/c1-13(2)15-7-9-19(17(21)11-15)27-10-4-5-20(24)22-18-12-16(23(25)26)8-6-14(18)3/h6-9,11-13H,4-5,10H2,1-3H3,(H,22,24). The molecule has 0 spiro atoms. The number of rotatable bonds is 8. The molecule has 2 aromatic rings. The van der Waals surface area contributed by atoms with Crippen molar-refractivity contribution in [3.63, 3.8) is 0 Å². The molecular formula is C20H23BrN2O4. The molecule has 0 aliphatic rings. The highest BCUT2D eigenvalue weighted by molar-refractivity contribution is 9.10. The highest BCUT2D eigenvalue weighted by atomic mass is 79.9. The van der Waals surface area contributed by atoms with Crippen LogP contribution in [0.25, 0.3) is 0 Å². The number of hydrogen-bond donors (Lipinski definition) is 1. The summed E-state index contributed by atoms with van der Waals surface area (Å²) in [6, 6.07) is 10.4. The Kier molecular flexibility index (Phi) is 7.36. The average Bonchev–Trinajstić information content (AvgIpc) is 2.61. The fraction of sp³-hybridized carbons (Fsp3) is 0.350. The van der Waals surface area contributed by atoms with Crippen molar-refractivity contribution in [2.24, 2.45) is 0 Å². The van der Waals surface area contributed by atoms with Gasteiger partial charge in [0.1, 0.15) is 5.75 Å². The molecule has 0 fully saturated rings. The van der Waals surface area contributed by atoms with Crippen molar-refractivity contribution in [3.05, 3.63) is 62.1 Å². The van der Waals surface area contributed by atoms with Crippen LogP contribution < -0.4 is 10.1 Å². The van der Waals surface area contributed by atoms with Gasteiger partial charge in [0.15, 0.2) is 0 Å². The predicted molar refractivity (Wildman–Crippen MR) is 109 cm³/mol. The molecule has 0 aliphatic carbocycles. The summed E-state index contributed by atoms with van der Waals surface area (Å²) in [7, 11) is 0. The zero-order valence-electron chi connectivity index (χ0n) is 15.6. The molecule has 0 radical (unpaired) electrons. The van der Waals surface area contributed by atoms with Gasteiger partial charge in [0.05, 0.1) is 21.7 Å². The highest BCUT2D eigenvalue weighted by Crippen LogP contribution is 2.29. The number of carbonyl (C=O) groups is 1. The molecule has 1 N–H and O–H groups in total. The first-order valence-electron chi connectivity index (χ1n) is 8.75. The summed E-state index contributed by atoms with van der Waals surface area (Å²) < 4.78 is 6.62. The van der Waals surface area contributed by atoms with E-state index in [1.54, 1.807) is 13.0 Å². The van der Waals surface area contributed by atoms with E-state index in [2.05, 4.69) is 35.1 Å². The van der Waals surface area contributed by atoms with Crippen LogP contribution in [0.1, 0.15) is 43.7 Å². The average molecular weight is 435 g/mol. The van der Waals surface area contributed by atoms with Crippen LogP contribution in [-0.4, -0.2) is 17.4 Å². The molecule has 0 saturated heterocycles. The summed E-state index contributed by atoms with van der Waals surface area (Å²) in [5.74, 6) is 0.988. The fourth-order valence-electron chi connectivity index (χ4n) is 2.48. The molecule has 144 valence electrons. The van der Waals surface area contributed by atoms with Crippen molar-refractivity contribution in [3.8, 4) is 5.75 Å². The minimum absolute atomic E-state index is 0.0473. The van der Waals surface area contributed by atoms with Crippen molar-refractivity contribution in [1.82, 2.24) is 0 Å². The molecule has 1 amide bonds. The molecule has 0 aliphatic heterocycles. The quantitative estimate of drug-likeness (QED) is 0.333. The number of nitrogens with zero attached hydrogens (tertiary/aromatic N) is 1. The first kappa shape index (κ1) is 20.9. The van der Waals surface area contributed by atoms with Gasteiger partial charge in [-0.05, 0) is 58.5 Å². The van der Waals surface area contributed by atoms with E-state index in [1.807, 2.05) is 18.2 Å². The van der Waals surface area contributed by atoms with E-state index < -0.39 is 4.92 Å². The molecule has 0 heterocycles. The summed E-state index contributed by atoms with van der Waals surface area (Å²) in [6.07, 6.45) is 0.808. The van der Waals surface area contributed by atoms with E-state index in [-0.39, 0.29) is 18.0 Å². The lowest BCUT2D eigenvalue weighted by atomic mass is 10.0. The monoisotopic (exact) mass is 434 g/mol. The summed E-state index contributed by atoms with van der Waals surface area (Å²) in [6.45, 7) is 6.45. The van der Waals surface area contributed by atoms with Crippen LogP contribution in [0, 0.1) is 17.0 Å². The van der Waals surface area contributed by atoms with Crippen molar-refractivity contribution < 1.29 is 14.5 Å². The number of anilines is 1. The van der Waals surface area contributed by atoms with Crippen molar-refractivity contribution >= 4 is 33.2 Å². The number of ether oxygens (including phenoxy) is 1. The van der Waals surface area contributed by atoms with Gasteiger partial charge in [0.25, 0.3) is 5.69 Å². The second kappa shape index (κ2) is 9.50. The Bertz CT molecular complexity index is 837. The lowest BCUT2D eigenvalue weighted by Gasteiger charge is -2.12. The van der Waals surface area contributed by atoms with Crippen LogP contribution in [0.4, 0.5) is 11.4 Å². The maximum Gasteiger partial charge on any atom is 0.271 e. The number of benzene rings is 2. The van der Waals surface area contributed by atoms with Gasteiger partial charge in [-0.1, -0.05) is 26.0 Å². The van der Waals surface area contributed by atoms with Gasteiger partial charge in [-0.15, -0.1) is 0 Å². The van der Waals surface area contributed by atoms with E-state index in [0.717, 1.165) is 15.8 Å². The molecule has 0 unspecified atom stereocenters. The first-order valence-corrected chi connectivity index (χ1v) is 9.54. The van der Waals surface area contributed by atoms with Gasteiger partial charge in [0, 0.05) is 18.6 Å². The molecule has 2 aromatic carbocycles. The number of carbonyl (C=O) groups excluding carboxylic acids is 1. The number of halogens is 1. The van der Waals surface area contributed by atoms with E-state index in [9.17, 15) is 14.9 Å². The molecule has 0 bridgehead atoms. The Morgan fingerprint density at radius 3 is 2.63 bits per heavy atom. The highest BCUT2D eigenvalue weighted by Gasteiger charge is 2.11. The molecule has 2 rings (SSSR count). The van der Waals surface area contributed by atoms with Crippen molar-refractivity contribution in [2.45, 2.75) is 39.5 Å². The Morgan fingerprint density at radius 2 is 2.00 bits per heavy atom. The molecule has 27 heavy (non-hydrogen) atoms. The zero-order chi connectivity index (χ0) is 20.0. The lowest BCUT2D eigenvalue weighted by molar-refractivity contribution is -0.384. The largest absolute Gasteiger partial charge is 0.492 e. The molecule has 6 nitrogen and oxygen atoms in total. The van der Waals surface area contributed by atoms with Crippen LogP contribution in [0.15, 0.2) is 40.9 Å². The topological polar surface area (TPSA) is 81.5 Å². The third-order valence-corrected chi connectivity index (χ3v) is 4.75. The second-order valence-electron chi connectivity index (χ2n) is 6.60. The van der Waals surface area contributed by atoms with Gasteiger partial charge in [-0.3, -0.25) is 14.9 Å². The normalized spacial score (nSPS) is 10.7. The summed E-state index contributed by atoms with van der Waals surface area (Å²) in [5.41, 5.74) is 2.41. The van der Waals surface area contributed by atoms with E-state index in [4.69, 9.17) is 4.74 Å². The lowest BCUT2D eigenvalue weighted by Crippen LogP contribution is -2.14. The van der Waals surface area contributed by atoms with E-state index in [1.165, 1.54) is 17.7 Å². The molecule has 0 atom stereocenters. The second-order valence-corrected chi connectivity index (χ2v) is 7.46. The molecule has 7 heteroatoms. The first-order chi connectivity index (χ1) is 12.8. The maximum absolute atomic E-state index is 12.1. The maximum atomic E-state index is 12.1. The number of amides is 1. The predicted octanol–water partition coefficient (Wildman–Crippen LogP) is 5.59. The number of nitro groups is 1. The number of non-ortho nitro benzene ring substituents is 1. The minimum Gasteiger partial charge on any atom is -0.492 e. The van der Waals surface area contributed by atoms with Crippen LogP contribution >= 0.6 is 15.9 Å². The summed E-state index contributed by atoms with van der Waals surface area (Å²) >= 11 is 3.51. The zero-order valence-corrected chi connectivity index (χ0v) is 17.2. The number of aryl methyl sites for hydroxylation is 1. The van der Waals surface area contributed by atoms with E-state index >= 15 is 0 Å². The number of nitro benzene ring substituents is 1. The van der Waals surface area contributed by atoms with Gasteiger partial charge in [-0.25, -0.2) is 0 Å². The van der Waals surface area contributed by atoms with Gasteiger partial charge in [-0.2, -0.15) is 0 Å². The summed E-state index contributed by atoms with van der Waals surface area (Å²) in [5, 5.41) is 13.6. The third kappa shape index (κ3) is 6.06. The SMILES string of the molecule is Cc1ccc([N+](=O)[O-])cc1NC(=O)CCCOc1ccc(C(C)C)cc1Br. The van der Waals surface area contributed by atoms with Crippen molar-refractivity contribution in [2.75, 3.05) is 11.9 Å². The smallest absolute Gasteiger partial charge is 0.271 e. The van der Waals surface area contributed by atoms with Crippen LogP contribution in [0.2, 0.25) is 0 Å². The number of hydrogen-bond acceptors (Lipinski definition) is 4. The van der Waals surface area contributed by atoms with Crippen molar-refractivity contribution in [1.29, 1.82) is 0 Å². The Balaban J connectivity index is 1.83. The Hall–Kier alpha value is -2.41. The van der Waals surface area contributed by atoms with Crippen LogP contribution in [0.3, 0.4) is 0 Å². The molecule has 0 aromatic heterocycles. The number of nitrogens with one attached hydrogen (secondary N) is 1.